The van der Waals surface area contributed by atoms with Gasteiger partial charge in [-0.1, -0.05) is 17.8 Å². The fourth-order valence-corrected chi connectivity index (χ4v) is 2.96. The van der Waals surface area contributed by atoms with E-state index in [2.05, 4.69) is 15.3 Å². The summed E-state index contributed by atoms with van der Waals surface area (Å²) in [5, 5.41) is 4.23. The van der Waals surface area contributed by atoms with E-state index in [1.165, 1.54) is 0 Å². The van der Waals surface area contributed by atoms with Crippen LogP contribution in [0.1, 0.15) is 22.3 Å². The molecule has 1 aliphatic heterocycles. The van der Waals surface area contributed by atoms with E-state index < -0.39 is 0 Å². The molecule has 5 heteroatoms. The summed E-state index contributed by atoms with van der Waals surface area (Å²) in [7, 11) is 0. The topological polar surface area (TPSA) is 54.4 Å². The fraction of sp³-hybridized carbons (Fsp3) is 0.167. The largest absolute Gasteiger partial charge is 0.335 e. The van der Waals surface area contributed by atoms with E-state index in [0.29, 0.717) is 5.56 Å². The van der Waals surface area contributed by atoms with Gasteiger partial charge >= 0.3 is 0 Å². The molecular weight excluding hydrogens is 306 g/mol. The second-order valence-corrected chi connectivity index (χ2v) is 6.16. The Bertz CT molecular complexity index is 724. The molecule has 1 aromatic heterocycles. The molecule has 0 bridgehead atoms. The van der Waals surface area contributed by atoms with Crippen LogP contribution in [0.4, 0.5) is 5.69 Å². The average molecular weight is 323 g/mol. The van der Waals surface area contributed by atoms with Crippen LogP contribution in [0.5, 0.6) is 0 Å². The number of aliphatic imine (C=N–C) groups is 1. The standard InChI is InChI=1S/C18H17N3OS/c22-17(9-4-14-3-1-10-19-13-14)15-5-7-16(8-6-15)21-18-20-11-2-12-23-18/h1,3-10,13H,2,11-12H2,(H,20,21)/b9-4+. The number of hydrogen-bond donors (Lipinski definition) is 1. The molecule has 0 aliphatic carbocycles. The lowest BCUT2D eigenvalue weighted by Crippen LogP contribution is -2.13. The first-order valence-electron chi connectivity index (χ1n) is 7.48. The Hall–Kier alpha value is -2.40. The third-order valence-electron chi connectivity index (χ3n) is 3.33. The number of ketones is 1. The minimum absolute atomic E-state index is 0.0233. The number of rotatable bonds is 4. The zero-order valence-corrected chi connectivity index (χ0v) is 13.4. The molecule has 2 aromatic rings. The molecule has 0 fully saturated rings. The summed E-state index contributed by atoms with van der Waals surface area (Å²) >= 11 is 1.73. The van der Waals surface area contributed by atoms with Gasteiger partial charge in [0.05, 0.1) is 0 Å². The molecule has 1 aromatic carbocycles. The second-order valence-electron chi connectivity index (χ2n) is 5.08. The van der Waals surface area contributed by atoms with Crippen LogP contribution in [0.3, 0.4) is 0 Å². The van der Waals surface area contributed by atoms with E-state index in [9.17, 15) is 4.79 Å². The van der Waals surface area contributed by atoms with Crippen molar-refractivity contribution >= 4 is 34.5 Å². The van der Waals surface area contributed by atoms with Crippen LogP contribution >= 0.6 is 11.8 Å². The van der Waals surface area contributed by atoms with Crippen molar-refractivity contribution in [2.75, 3.05) is 17.6 Å². The second kappa shape index (κ2) is 7.74. The lowest BCUT2D eigenvalue weighted by molar-refractivity contribution is 0.104. The highest BCUT2D eigenvalue weighted by atomic mass is 32.2. The van der Waals surface area contributed by atoms with E-state index in [-0.39, 0.29) is 5.78 Å². The molecule has 0 spiro atoms. The Balaban J connectivity index is 1.63. The normalized spacial score (nSPS) is 14.5. The summed E-state index contributed by atoms with van der Waals surface area (Å²) in [6, 6.07) is 11.2. The van der Waals surface area contributed by atoms with E-state index >= 15 is 0 Å². The van der Waals surface area contributed by atoms with Gasteiger partial charge in [0, 0.05) is 35.9 Å². The molecule has 2 heterocycles. The Morgan fingerprint density at radius 1 is 1.22 bits per heavy atom. The highest BCUT2D eigenvalue weighted by Gasteiger charge is 2.07. The average Bonchev–Trinajstić information content (AvgIpc) is 2.62. The summed E-state index contributed by atoms with van der Waals surface area (Å²) in [6.07, 6.45) is 7.90. The van der Waals surface area contributed by atoms with Crippen LogP contribution in [0.15, 0.2) is 59.9 Å². The van der Waals surface area contributed by atoms with Crippen LogP contribution in [0.2, 0.25) is 0 Å². The fourth-order valence-electron chi connectivity index (χ4n) is 2.12. The summed E-state index contributed by atoms with van der Waals surface area (Å²) in [6.45, 7) is 0.880. The molecular formula is C18H17N3OS. The van der Waals surface area contributed by atoms with Crippen LogP contribution in [-0.2, 0) is 0 Å². The number of nitrogens with one attached hydrogen (secondary N) is 1. The number of allylic oxidation sites excluding steroid dienone is 1. The van der Waals surface area contributed by atoms with Gasteiger partial charge < -0.3 is 5.32 Å². The van der Waals surface area contributed by atoms with E-state index in [0.717, 1.165) is 35.1 Å². The van der Waals surface area contributed by atoms with Gasteiger partial charge in [0.1, 0.15) is 0 Å². The number of thioether (sulfide) groups is 1. The van der Waals surface area contributed by atoms with Gasteiger partial charge in [-0.15, -0.1) is 0 Å². The van der Waals surface area contributed by atoms with E-state index in [4.69, 9.17) is 0 Å². The van der Waals surface area contributed by atoms with Gasteiger partial charge in [-0.3, -0.25) is 14.8 Å². The molecule has 1 N–H and O–H groups in total. The molecule has 0 saturated carbocycles. The van der Waals surface area contributed by atoms with Crippen molar-refractivity contribution in [3.05, 3.63) is 66.0 Å². The first-order chi connectivity index (χ1) is 11.3. The zero-order chi connectivity index (χ0) is 15.9. The van der Waals surface area contributed by atoms with E-state index in [1.807, 2.05) is 36.4 Å². The maximum Gasteiger partial charge on any atom is 0.185 e. The lowest BCUT2D eigenvalue weighted by Gasteiger charge is -2.13. The highest BCUT2D eigenvalue weighted by molar-refractivity contribution is 8.14. The van der Waals surface area contributed by atoms with Crippen LogP contribution in [0.25, 0.3) is 6.08 Å². The summed E-state index contributed by atoms with van der Waals surface area (Å²) < 4.78 is 0. The Kier molecular flexibility index (Phi) is 5.21. The number of aromatic nitrogens is 1. The number of benzene rings is 1. The van der Waals surface area contributed by atoms with Gasteiger partial charge in [-0.2, -0.15) is 0 Å². The van der Waals surface area contributed by atoms with Crippen molar-refractivity contribution < 1.29 is 4.79 Å². The maximum atomic E-state index is 12.2. The number of pyridine rings is 1. The smallest absolute Gasteiger partial charge is 0.185 e. The molecule has 0 amide bonds. The van der Waals surface area contributed by atoms with Crippen LogP contribution in [0, 0.1) is 0 Å². The SMILES string of the molecule is O=C(/C=C/c1cccnc1)c1ccc(NC2=NCCCS2)cc1. The molecule has 3 rings (SSSR count). The number of amidine groups is 1. The minimum atomic E-state index is -0.0233. The number of carbonyl (C=O) groups excluding carboxylic acids is 1. The first kappa shape index (κ1) is 15.5. The van der Waals surface area contributed by atoms with Crippen LogP contribution in [-0.4, -0.2) is 28.2 Å². The molecule has 0 unspecified atom stereocenters. The van der Waals surface area contributed by atoms with Gasteiger partial charge in [-0.05, 0) is 54.5 Å². The molecule has 0 atom stereocenters. The summed E-state index contributed by atoms with van der Waals surface area (Å²) in [5.41, 5.74) is 2.52. The third kappa shape index (κ3) is 4.53. The molecule has 0 saturated heterocycles. The first-order valence-corrected chi connectivity index (χ1v) is 8.46. The Morgan fingerprint density at radius 2 is 2.09 bits per heavy atom. The van der Waals surface area contributed by atoms with Crippen molar-refractivity contribution in [2.45, 2.75) is 6.42 Å². The molecule has 0 radical (unpaired) electrons. The molecule has 4 nitrogen and oxygen atoms in total. The summed E-state index contributed by atoms with van der Waals surface area (Å²) in [4.78, 5) is 20.6. The third-order valence-corrected chi connectivity index (χ3v) is 4.33. The van der Waals surface area contributed by atoms with Crippen molar-refractivity contribution in [2.24, 2.45) is 4.99 Å². The van der Waals surface area contributed by atoms with Crippen LogP contribution < -0.4 is 5.32 Å². The van der Waals surface area contributed by atoms with Crippen molar-refractivity contribution in [1.29, 1.82) is 0 Å². The van der Waals surface area contributed by atoms with Crippen molar-refractivity contribution in [1.82, 2.24) is 4.98 Å². The van der Waals surface area contributed by atoms with Crippen molar-refractivity contribution in [3.8, 4) is 0 Å². The van der Waals surface area contributed by atoms with Gasteiger partial charge in [0.15, 0.2) is 11.0 Å². The zero-order valence-electron chi connectivity index (χ0n) is 12.6. The van der Waals surface area contributed by atoms with Gasteiger partial charge in [-0.25, -0.2) is 0 Å². The minimum Gasteiger partial charge on any atom is -0.335 e. The van der Waals surface area contributed by atoms with Crippen molar-refractivity contribution in [3.63, 3.8) is 0 Å². The predicted molar refractivity (Wildman–Crippen MR) is 97.0 cm³/mol. The maximum absolute atomic E-state index is 12.2. The number of carbonyl (C=O) groups is 1. The lowest BCUT2D eigenvalue weighted by atomic mass is 10.1. The molecule has 116 valence electrons. The quantitative estimate of drug-likeness (QED) is 0.685. The summed E-state index contributed by atoms with van der Waals surface area (Å²) in [5.74, 6) is 1.08. The predicted octanol–water partition coefficient (Wildman–Crippen LogP) is 3.88. The molecule has 1 aliphatic rings. The number of anilines is 1. The molecule has 23 heavy (non-hydrogen) atoms. The number of nitrogens with zero attached hydrogens (tertiary/aromatic N) is 2. The monoisotopic (exact) mass is 323 g/mol. The van der Waals surface area contributed by atoms with E-state index in [1.54, 1.807) is 36.3 Å². The van der Waals surface area contributed by atoms with Gasteiger partial charge in [0.2, 0.25) is 0 Å². The van der Waals surface area contributed by atoms with Gasteiger partial charge in [0.25, 0.3) is 0 Å². The highest BCUT2D eigenvalue weighted by Crippen LogP contribution is 2.17. The Morgan fingerprint density at radius 3 is 2.78 bits per heavy atom. The Labute approximate surface area is 139 Å². The number of hydrogen-bond acceptors (Lipinski definition) is 5.